The van der Waals surface area contributed by atoms with E-state index in [0.717, 1.165) is 45.7 Å². The van der Waals surface area contributed by atoms with Crippen LogP contribution in [0.15, 0.2) is 24.5 Å². The SMILES string of the molecule is Cc1nnc(-c2cnc3cnc(CC(=O)C4(F)CCCCC4)cc3c2)s1. The van der Waals surface area contributed by atoms with Crippen LogP contribution in [0.25, 0.3) is 21.5 Å². The lowest BCUT2D eigenvalue weighted by atomic mass is 9.82. The summed E-state index contributed by atoms with van der Waals surface area (Å²) in [5, 5.41) is 10.7. The number of Topliss-reactive ketones (excluding diaryl/α,β-unsaturated/α-hetero) is 1. The largest absolute Gasteiger partial charge is 0.296 e. The van der Waals surface area contributed by atoms with Gasteiger partial charge in [-0.2, -0.15) is 0 Å². The van der Waals surface area contributed by atoms with Crippen LogP contribution in [0.3, 0.4) is 0 Å². The highest BCUT2D eigenvalue weighted by Gasteiger charge is 2.39. The first-order valence-electron chi connectivity index (χ1n) is 8.81. The molecule has 0 amide bonds. The van der Waals surface area contributed by atoms with Crippen molar-refractivity contribution < 1.29 is 9.18 Å². The number of carbonyl (C=O) groups excluding carboxylic acids is 1. The van der Waals surface area contributed by atoms with Crippen LogP contribution in [0.5, 0.6) is 0 Å². The third-order valence-electron chi connectivity index (χ3n) is 4.88. The Bertz CT molecular complexity index is 965. The van der Waals surface area contributed by atoms with Crippen LogP contribution in [0, 0.1) is 6.92 Å². The Labute approximate surface area is 154 Å². The zero-order valence-corrected chi connectivity index (χ0v) is 15.4. The van der Waals surface area contributed by atoms with Crippen molar-refractivity contribution in [3.63, 3.8) is 0 Å². The smallest absolute Gasteiger partial charge is 0.175 e. The van der Waals surface area contributed by atoms with Crippen LogP contribution in [0.1, 0.15) is 42.8 Å². The van der Waals surface area contributed by atoms with E-state index in [2.05, 4.69) is 20.2 Å². The molecule has 1 aliphatic rings. The van der Waals surface area contributed by atoms with Gasteiger partial charge in [0.1, 0.15) is 10.0 Å². The molecule has 1 aliphatic carbocycles. The van der Waals surface area contributed by atoms with Crippen molar-refractivity contribution in [3.8, 4) is 10.6 Å². The van der Waals surface area contributed by atoms with Gasteiger partial charge >= 0.3 is 0 Å². The van der Waals surface area contributed by atoms with Gasteiger partial charge in [0.2, 0.25) is 0 Å². The van der Waals surface area contributed by atoms with Gasteiger partial charge in [-0.3, -0.25) is 14.8 Å². The number of alkyl halides is 1. The van der Waals surface area contributed by atoms with Gasteiger partial charge in [0.25, 0.3) is 0 Å². The van der Waals surface area contributed by atoms with E-state index < -0.39 is 5.67 Å². The van der Waals surface area contributed by atoms with Crippen LogP contribution >= 0.6 is 11.3 Å². The number of carbonyl (C=O) groups is 1. The van der Waals surface area contributed by atoms with E-state index in [1.54, 1.807) is 12.4 Å². The number of hydrogen-bond donors (Lipinski definition) is 0. The van der Waals surface area contributed by atoms with E-state index >= 15 is 0 Å². The molecule has 1 fully saturated rings. The Kier molecular flexibility index (Phi) is 4.48. The van der Waals surface area contributed by atoms with Crippen molar-refractivity contribution in [1.82, 2.24) is 20.2 Å². The Hall–Kier alpha value is -2.28. The maximum Gasteiger partial charge on any atom is 0.175 e. The average Bonchev–Trinajstić information content (AvgIpc) is 3.08. The van der Waals surface area contributed by atoms with Crippen LogP contribution in [0.2, 0.25) is 0 Å². The predicted octanol–water partition coefficient (Wildman–Crippen LogP) is 4.24. The minimum absolute atomic E-state index is 0.0224. The number of fused-ring (bicyclic) bond motifs is 1. The van der Waals surface area contributed by atoms with E-state index in [9.17, 15) is 9.18 Å². The summed E-state index contributed by atoms with van der Waals surface area (Å²) < 4.78 is 14.8. The molecule has 1 saturated carbocycles. The summed E-state index contributed by atoms with van der Waals surface area (Å²) >= 11 is 1.50. The second kappa shape index (κ2) is 6.79. The topological polar surface area (TPSA) is 68.6 Å². The van der Waals surface area contributed by atoms with Gasteiger partial charge in [0, 0.05) is 22.8 Å². The first-order valence-corrected chi connectivity index (χ1v) is 9.62. The molecule has 5 nitrogen and oxygen atoms in total. The van der Waals surface area contributed by atoms with Gasteiger partial charge in [-0.25, -0.2) is 4.39 Å². The third kappa shape index (κ3) is 3.35. The van der Waals surface area contributed by atoms with Gasteiger partial charge in [-0.1, -0.05) is 17.8 Å². The van der Waals surface area contributed by atoms with E-state index in [1.165, 1.54) is 11.3 Å². The molecule has 4 rings (SSSR count). The normalized spacial score (nSPS) is 16.7. The van der Waals surface area contributed by atoms with Crippen molar-refractivity contribution in [2.75, 3.05) is 0 Å². The molecule has 0 N–H and O–H groups in total. The van der Waals surface area contributed by atoms with E-state index in [1.807, 2.05) is 19.1 Å². The standard InChI is InChI=1S/C19H19FN4OS/c1-12-23-24-18(26-12)14-7-13-8-15(21-11-16(13)22-10-14)9-17(25)19(20)5-3-2-4-6-19/h7-8,10-11H,2-6,9H2,1H3. The lowest BCUT2D eigenvalue weighted by molar-refractivity contribution is -0.132. The van der Waals surface area contributed by atoms with Gasteiger partial charge < -0.3 is 0 Å². The van der Waals surface area contributed by atoms with Gasteiger partial charge in [-0.05, 0) is 44.7 Å². The molecule has 134 valence electrons. The molecule has 7 heteroatoms. The Morgan fingerprint density at radius 1 is 1.15 bits per heavy atom. The molecule has 3 aromatic heterocycles. The zero-order chi connectivity index (χ0) is 18.1. The summed E-state index contributed by atoms with van der Waals surface area (Å²) in [4.78, 5) is 21.2. The number of nitrogens with zero attached hydrogens (tertiary/aromatic N) is 4. The molecule has 0 aliphatic heterocycles. The van der Waals surface area contributed by atoms with Crippen molar-refractivity contribution in [1.29, 1.82) is 0 Å². The first kappa shape index (κ1) is 17.1. The Morgan fingerprint density at radius 2 is 1.96 bits per heavy atom. The molecule has 0 unspecified atom stereocenters. The molecular weight excluding hydrogens is 351 g/mol. The quantitative estimate of drug-likeness (QED) is 0.687. The molecule has 0 radical (unpaired) electrons. The number of hydrogen-bond acceptors (Lipinski definition) is 6. The second-order valence-corrected chi connectivity index (χ2v) is 8.03. The summed E-state index contributed by atoms with van der Waals surface area (Å²) in [6, 6.07) is 3.79. The number of aryl methyl sites for hydroxylation is 1. The second-order valence-electron chi connectivity index (χ2n) is 6.84. The van der Waals surface area contributed by atoms with Crippen LogP contribution in [-0.2, 0) is 11.2 Å². The molecule has 3 aromatic rings. The zero-order valence-electron chi connectivity index (χ0n) is 14.5. The van der Waals surface area contributed by atoms with E-state index in [4.69, 9.17) is 0 Å². The predicted molar refractivity (Wildman–Crippen MR) is 98.8 cm³/mol. The fourth-order valence-electron chi connectivity index (χ4n) is 3.42. The molecule has 26 heavy (non-hydrogen) atoms. The van der Waals surface area contributed by atoms with Crippen molar-refractivity contribution in [2.24, 2.45) is 0 Å². The molecule has 0 spiro atoms. The highest BCUT2D eigenvalue weighted by atomic mass is 32.1. The molecule has 3 heterocycles. The number of ketones is 1. The Morgan fingerprint density at radius 3 is 2.69 bits per heavy atom. The fraction of sp³-hybridized carbons (Fsp3) is 0.421. The maximum atomic E-state index is 14.8. The number of aromatic nitrogens is 4. The van der Waals surface area contributed by atoms with Gasteiger partial charge in [-0.15, -0.1) is 10.2 Å². The highest BCUT2D eigenvalue weighted by Crippen LogP contribution is 2.33. The van der Waals surface area contributed by atoms with Gasteiger partial charge in [0.15, 0.2) is 11.5 Å². The molecule has 0 saturated heterocycles. The Balaban J connectivity index is 1.61. The van der Waals surface area contributed by atoms with Crippen molar-refractivity contribution >= 4 is 28.0 Å². The monoisotopic (exact) mass is 370 g/mol. The molecule has 0 aromatic carbocycles. The van der Waals surface area contributed by atoms with Crippen LogP contribution in [0.4, 0.5) is 4.39 Å². The summed E-state index contributed by atoms with van der Waals surface area (Å²) in [6.07, 6.45) is 6.64. The van der Waals surface area contributed by atoms with E-state index in [-0.39, 0.29) is 12.2 Å². The van der Waals surface area contributed by atoms with Crippen LogP contribution < -0.4 is 0 Å². The summed E-state index contributed by atoms with van der Waals surface area (Å²) in [6.45, 7) is 1.90. The van der Waals surface area contributed by atoms with Crippen LogP contribution in [-0.4, -0.2) is 31.6 Å². The van der Waals surface area contributed by atoms with Crippen molar-refractivity contribution in [2.45, 2.75) is 51.1 Å². The van der Waals surface area contributed by atoms with Crippen molar-refractivity contribution in [3.05, 3.63) is 35.2 Å². The molecule has 0 bridgehead atoms. The fourth-order valence-corrected chi connectivity index (χ4v) is 4.09. The lowest BCUT2D eigenvalue weighted by Gasteiger charge is -2.27. The minimum atomic E-state index is -1.68. The summed E-state index contributed by atoms with van der Waals surface area (Å²) in [7, 11) is 0. The lowest BCUT2D eigenvalue weighted by Crippen LogP contribution is -2.37. The third-order valence-corrected chi connectivity index (χ3v) is 5.77. The molecule has 0 atom stereocenters. The van der Waals surface area contributed by atoms with Gasteiger partial charge in [0.05, 0.1) is 18.1 Å². The highest BCUT2D eigenvalue weighted by molar-refractivity contribution is 7.14. The summed E-state index contributed by atoms with van der Waals surface area (Å²) in [5.74, 6) is -0.354. The first-order chi connectivity index (χ1) is 12.5. The average molecular weight is 370 g/mol. The minimum Gasteiger partial charge on any atom is -0.296 e. The number of pyridine rings is 2. The summed E-state index contributed by atoms with van der Waals surface area (Å²) in [5.41, 5.74) is 0.510. The molecular formula is C19H19FN4OS. The van der Waals surface area contributed by atoms with E-state index in [0.29, 0.717) is 18.5 Å². The number of halogens is 1. The number of rotatable bonds is 4. The maximum absolute atomic E-state index is 14.8.